The van der Waals surface area contributed by atoms with Crippen LogP contribution in [0, 0.1) is 11.3 Å². The summed E-state index contributed by atoms with van der Waals surface area (Å²) in [6.07, 6.45) is 3.01. The fourth-order valence-electron chi connectivity index (χ4n) is 0.931. The average Bonchev–Trinajstić information content (AvgIpc) is 2.16. The molecule has 0 saturated carbocycles. The second kappa shape index (κ2) is 4.17. The molecule has 0 amide bonds. The molecule has 0 unspecified atom stereocenters. The third-order valence-corrected chi connectivity index (χ3v) is 1.55. The second-order valence-corrected chi connectivity index (χ2v) is 2.39. The molecule has 1 rings (SSSR count). The molecule has 1 aromatic rings. The summed E-state index contributed by atoms with van der Waals surface area (Å²) >= 11 is 0. The highest BCUT2D eigenvalue weighted by Crippen LogP contribution is 2.26. The Morgan fingerprint density at radius 3 is 2.92 bits per heavy atom. The summed E-state index contributed by atoms with van der Waals surface area (Å²) in [5.41, 5.74) is 0.816. The van der Waals surface area contributed by atoms with Crippen molar-refractivity contribution in [3.05, 3.63) is 29.8 Å². The van der Waals surface area contributed by atoms with E-state index in [4.69, 9.17) is 10.00 Å². The van der Waals surface area contributed by atoms with E-state index >= 15 is 0 Å². The average molecular weight is 175 g/mol. The van der Waals surface area contributed by atoms with Gasteiger partial charge in [-0.15, -0.1) is 0 Å². The number of hydrogen-bond acceptors (Lipinski definition) is 3. The van der Waals surface area contributed by atoms with Crippen molar-refractivity contribution in [1.29, 1.82) is 5.26 Å². The van der Waals surface area contributed by atoms with Crippen LogP contribution in [-0.4, -0.2) is 12.2 Å². The smallest absolute Gasteiger partial charge is 0.161 e. The van der Waals surface area contributed by atoms with Crippen molar-refractivity contribution in [2.24, 2.45) is 0 Å². The lowest BCUT2D eigenvalue weighted by Crippen LogP contribution is -1.83. The van der Waals surface area contributed by atoms with Gasteiger partial charge in [0.1, 0.15) is 0 Å². The van der Waals surface area contributed by atoms with Gasteiger partial charge < -0.3 is 9.84 Å². The molecule has 0 aliphatic rings. The van der Waals surface area contributed by atoms with Crippen LogP contribution < -0.4 is 4.74 Å². The van der Waals surface area contributed by atoms with Gasteiger partial charge in [0, 0.05) is 6.08 Å². The third-order valence-electron chi connectivity index (χ3n) is 1.55. The molecule has 0 bridgehead atoms. The van der Waals surface area contributed by atoms with Gasteiger partial charge in [0.25, 0.3) is 0 Å². The molecule has 0 saturated heterocycles. The van der Waals surface area contributed by atoms with E-state index < -0.39 is 0 Å². The summed E-state index contributed by atoms with van der Waals surface area (Å²) in [5.74, 6) is 0.497. The van der Waals surface area contributed by atoms with Crippen LogP contribution in [0.5, 0.6) is 11.5 Å². The van der Waals surface area contributed by atoms with Gasteiger partial charge in [-0.25, -0.2) is 0 Å². The second-order valence-electron chi connectivity index (χ2n) is 2.39. The first-order chi connectivity index (χ1) is 6.27. The van der Waals surface area contributed by atoms with Gasteiger partial charge in [-0.1, -0.05) is 6.07 Å². The Kier molecular flexibility index (Phi) is 2.93. The number of allylic oxidation sites excluding steroid dienone is 1. The molecule has 0 fully saturated rings. The molecule has 0 atom stereocenters. The predicted octanol–water partition coefficient (Wildman–Crippen LogP) is 1.94. The number of benzene rings is 1. The van der Waals surface area contributed by atoms with Crippen molar-refractivity contribution in [2.75, 3.05) is 7.11 Å². The topological polar surface area (TPSA) is 53.2 Å². The van der Waals surface area contributed by atoms with Crippen molar-refractivity contribution in [1.82, 2.24) is 0 Å². The van der Waals surface area contributed by atoms with Crippen molar-refractivity contribution in [3.63, 3.8) is 0 Å². The van der Waals surface area contributed by atoms with E-state index in [1.807, 2.05) is 6.07 Å². The van der Waals surface area contributed by atoms with Gasteiger partial charge in [0.15, 0.2) is 11.5 Å². The first-order valence-corrected chi connectivity index (χ1v) is 3.71. The van der Waals surface area contributed by atoms with Gasteiger partial charge >= 0.3 is 0 Å². The van der Waals surface area contributed by atoms with Crippen LogP contribution in [0.25, 0.3) is 6.08 Å². The zero-order valence-electron chi connectivity index (χ0n) is 7.19. The van der Waals surface area contributed by atoms with Crippen LogP contribution in [0.15, 0.2) is 24.3 Å². The molecule has 0 aliphatic heterocycles. The molecular formula is C10H9NO2. The lowest BCUT2D eigenvalue weighted by molar-refractivity contribution is 0.373. The molecule has 3 heteroatoms. The predicted molar refractivity (Wildman–Crippen MR) is 49.3 cm³/mol. The van der Waals surface area contributed by atoms with Crippen LogP contribution in [0.4, 0.5) is 0 Å². The fourth-order valence-corrected chi connectivity index (χ4v) is 0.931. The summed E-state index contributed by atoms with van der Waals surface area (Å²) in [6.45, 7) is 0. The number of phenolic OH excluding ortho intramolecular Hbond substituents is 1. The maximum Gasteiger partial charge on any atom is 0.161 e. The Morgan fingerprint density at radius 2 is 2.31 bits per heavy atom. The molecule has 0 aromatic heterocycles. The van der Waals surface area contributed by atoms with Gasteiger partial charge in [0.05, 0.1) is 13.2 Å². The normalized spacial score (nSPS) is 9.85. The van der Waals surface area contributed by atoms with E-state index in [-0.39, 0.29) is 5.75 Å². The van der Waals surface area contributed by atoms with Crippen molar-refractivity contribution >= 4 is 6.08 Å². The van der Waals surface area contributed by atoms with E-state index in [1.54, 1.807) is 18.2 Å². The summed E-state index contributed by atoms with van der Waals surface area (Å²) in [5, 5.41) is 17.5. The molecule has 0 heterocycles. The fraction of sp³-hybridized carbons (Fsp3) is 0.100. The van der Waals surface area contributed by atoms with Crippen molar-refractivity contribution < 1.29 is 9.84 Å². The number of methoxy groups -OCH3 is 1. The minimum atomic E-state index is 0.0941. The molecule has 66 valence electrons. The number of rotatable bonds is 2. The molecule has 0 spiro atoms. The zero-order chi connectivity index (χ0) is 9.68. The van der Waals surface area contributed by atoms with Crippen molar-refractivity contribution in [2.45, 2.75) is 0 Å². The zero-order valence-corrected chi connectivity index (χ0v) is 7.19. The third kappa shape index (κ3) is 2.24. The number of ether oxygens (including phenoxy) is 1. The number of nitriles is 1. The Bertz CT molecular complexity index is 364. The highest BCUT2D eigenvalue weighted by molar-refractivity contribution is 5.56. The highest BCUT2D eigenvalue weighted by atomic mass is 16.5. The lowest BCUT2D eigenvalue weighted by Gasteiger charge is -2.02. The number of phenols is 1. The molecule has 1 N–H and O–H groups in total. The van der Waals surface area contributed by atoms with Gasteiger partial charge in [-0.05, 0) is 23.8 Å². The Balaban J connectivity index is 3.01. The van der Waals surface area contributed by atoms with Crippen LogP contribution in [0.2, 0.25) is 0 Å². The standard InChI is InChI=1S/C10H9NO2/c1-13-10-7-8(3-2-6-11)4-5-9(10)12/h2-5,7,12H,1H3/b3-2+. The summed E-state index contributed by atoms with van der Waals surface area (Å²) in [6, 6.07) is 6.76. The lowest BCUT2D eigenvalue weighted by atomic mass is 10.2. The van der Waals surface area contributed by atoms with E-state index in [0.717, 1.165) is 5.56 Å². The first-order valence-electron chi connectivity index (χ1n) is 3.71. The SMILES string of the molecule is COc1cc(/C=C/C#N)ccc1O. The Morgan fingerprint density at radius 1 is 1.54 bits per heavy atom. The maximum atomic E-state index is 9.25. The number of hydrogen-bond donors (Lipinski definition) is 1. The highest BCUT2D eigenvalue weighted by Gasteiger charge is 1.99. The van der Waals surface area contributed by atoms with Crippen molar-refractivity contribution in [3.8, 4) is 17.6 Å². The van der Waals surface area contributed by atoms with Gasteiger partial charge in [-0.2, -0.15) is 5.26 Å². The van der Waals surface area contributed by atoms with E-state index in [2.05, 4.69) is 0 Å². The Labute approximate surface area is 76.5 Å². The van der Waals surface area contributed by atoms with Crippen LogP contribution in [-0.2, 0) is 0 Å². The Hall–Kier alpha value is -1.95. The molecule has 3 nitrogen and oxygen atoms in total. The molecule has 0 aliphatic carbocycles. The van der Waals surface area contributed by atoms with E-state index in [0.29, 0.717) is 5.75 Å². The number of aromatic hydroxyl groups is 1. The van der Waals surface area contributed by atoms with Crippen LogP contribution >= 0.6 is 0 Å². The maximum absolute atomic E-state index is 9.25. The summed E-state index contributed by atoms with van der Waals surface area (Å²) in [4.78, 5) is 0. The van der Waals surface area contributed by atoms with E-state index in [9.17, 15) is 5.11 Å². The van der Waals surface area contributed by atoms with Crippen LogP contribution in [0.3, 0.4) is 0 Å². The monoisotopic (exact) mass is 175 g/mol. The summed E-state index contributed by atoms with van der Waals surface area (Å²) in [7, 11) is 1.48. The molecule has 0 radical (unpaired) electrons. The molecule has 1 aromatic carbocycles. The minimum Gasteiger partial charge on any atom is -0.504 e. The van der Waals surface area contributed by atoms with Crippen LogP contribution in [0.1, 0.15) is 5.56 Å². The first kappa shape index (κ1) is 9.14. The van der Waals surface area contributed by atoms with E-state index in [1.165, 1.54) is 19.3 Å². The number of nitrogens with zero attached hydrogens (tertiary/aromatic N) is 1. The molecule has 13 heavy (non-hydrogen) atoms. The quantitative estimate of drug-likeness (QED) is 0.699. The largest absolute Gasteiger partial charge is 0.504 e. The van der Waals surface area contributed by atoms with Gasteiger partial charge in [0.2, 0.25) is 0 Å². The van der Waals surface area contributed by atoms with Gasteiger partial charge in [-0.3, -0.25) is 0 Å². The minimum absolute atomic E-state index is 0.0941. The molecular weight excluding hydrogens is 166 g/mol. The summed E-state index contributed by atoms with van der Waals surface area (Å²) < 4.78 is 4.90.